The van der Waals surface area contributed by atoms with Gasteiger partial charge in [-0.2, -0.15) is 0 Å². The molecule has 8 heteroatoms. The van der Waals surface area contributed by atoms with E-state index in [9.17, 15) is 13.2 Å². The number of H-pyrrole nitrogens is 1. The van der Waals surface area contributed by atoms with Gasteiger partial charge in [0.1, 0.15) is 5.69 Å². The zero-order valence-electron chi connectivity index (χ0n) is 15.0. The zero-order chi connectivity index (χ0) is 19.8. The van der Waals surface area contributed by atoms with Gasteiger partial charge in [0.25, 0.3) is 5.91 Å². The quantitative estimate of drug-likeness (QED) is 0.633. The summed E-state index contributed by atoms with van der Waals surface area (Å²) in [5, 5.41) is 4.22. The summed E-state index contributed by atoms with van der Waals surface area (Å²) in [5.41, 5.74) is 0.968. The maximum absolute atomic E-state index is 12.7. The zero-order valence-corrected chi connectivity index (χ0v) is 17.4. The van der Waals surface area contributed by atoms with Gasteiger partial charge in [-0.1, -0.05) is 41.6 Å². The van der Waals surface area contributed by atoms with Crippen molar-refractivity contribution in [3.8, 4) is 0 Å². The van der Waals surface area contributed by atoms with E-state index in [0.717, 1.165) is 16.5 Å². The van der Waals surface area contributed by atoms with Gasteiger partial charge in [-0.15, -0.1) is 0 Å². The fourth-order valence-corrected chi connectivity index (χ4v) is 4.58. The average Bonchev–Trinajstić information content (AvgIpc) is 2.93. The molecule has 1 aromatic heterocycles. The van der Waals surface area contributed by atoms with E-state index in [4.69, 9.17) is 11.6 Å². The molecule has 0 fully saturated rings. The van der Waals surface area contributed by atoms with Gasteiger partial charge in [0.15, 0.2) is 9.84 Å². The van der Waals surface area contributed by atoms with Gasteiger partial charge in [0, 0.05) is 28.1 Å². The number of fused-ring (bicyclic) bond motifs is 1. The van der Waals surface area contributed by atoms with Crippen molar-refractivity contribution in [3.63, 3.8) is 0 Å². The molecule has 3 aromatic rings. The van der Waals surface area contributed by atoms with Crippen LogP contribution in [0.25, 0.3) is 10.9 Å². The van der Waals surface area contributed by atoms with E-state index in [2.05, 4.69) is 10.3 Å². The number of aromatic nitrogens is 1. The molecule has 27 heavy (non-hydrogen) atoms. The Labute approximate surface area is 167 Å². The number of hydrogen-bond donors (Lipinski definition) is 2. The lowest BCUT2D eigenvalue weighted by atomic mass is 10.2. The van der Waals surface area contributed by atoms with E-state index in [-0.39, 0.29) is 16.8 Å². The van der Waals surface area contributed by atoms with Crippen LogP contribution >= 0.6 is 23.4 Å². The lowest BCUT2D eigenvalue weighted by molar-refractivity contribution is 0.0936. The minimum atomic E-state index is -3.35. The molecule has 0 radical (unpaired) electrons. The van der Waals surface area contributed by atoms with Crippen LogP contribution in [-0.4, -0.2) is 31.6 Å². The first-order chi connectivity index (χ1) is 12.7. The van der Waals surface area contributed by atoms with Gasteiger partial charge in [-0.05, 0) is 38.1 Å². The van der Waals surface area contributed by atoms with Crippen LogP contribution in [0, 0.1) is 0 Å². The first kappa shape index (κ1) is 19.8. The number of amides is 1. The van der Waals surface area contributed by atoms with Gasteiger partial charge in [0.05, 0.1) is 14.8 Å². The van der Waals surface area contributed by atoms with Crippen LogP contribution in [0.15, 0.2) is 57.2 Å². The SMILES string of the molecule is CC(C)NC(=O)c1[nH]c2cc(S(C)(=O)=O)ccc2c1Sc1ccccc1Cl. The van der Waals surface area contributed by atoms with E-state index in [1.54, 1.807) is 24.3 Å². The summed E-state index contributed by atoms with van der Waals surface area (Å²) in [6.07, 6.45) is 1.16. The fraction of sp³-hybridized carbons (Fsp3) is 0.211. The summed E-state index contributed by atoms with van der Waals surface area (Å²) >= 11 is 7.66. The number of halogens is 1. The highest BCUT2D eigenvalue weighted by Crippen LogP contribution is 2.40. The standard InChI is InChI=1S/C19H19ClN2O3S2/c1-11(2)21-19(23)17-18(26-16-7-5-4-6-14(16)20)13-9-8-12(27(3,24)25)10-15(13)22-17/h4-11,22H,1-3H3,(H,21,23). The highest BCUT2D eigenvalue weighted by Gasteiger charge is 2.21. The summed E-state index contributed by atoms with van der Waals surface area (Å²) in [5.74, 6) is -0.253. The van der Waals surface area contributed by atoms with Gasteiger partial charge < -0.3 is 10.3 Å². The molecule has 3 rings (SSSR count). The van der Waals surface area contributed by atoms with Crippen molar-refractivity contribution in [1.29, 1.82) is 0 Å². The summed E-state index contributed by atoms with van der Waals surface area (Å²) in [6, 6.07) is 12.2. The van der Waals surface area contributed by atoms with E-state index >= 15 is 0 Å². The Bertz CT molecular complexity index is 1120. The van der Waals surface area contributed by atoms with Gasteiger partial charge >= 0.3 is 0 Å². The van der Waals surface area contributed by atoms with E-state index in [1.807, 2.05) is 32.0 Å². The molecule has 0 bridgehead atoms. The molecular weight excluding hydrogens is 404 g/mol. The minimum absolute atomic E-state index is 0.0337. The van der Waals surface area contributed by atoms with E-state index in [0.29, 0.717) is 21.1 Å². The van der Waals surface area contributed by atoms with Gasteiger partial charge in [0.2, 0.25) is 0 Å². The molecule has 0 aliphatic rings. The van der Waals surface area contributed by atoms with E-state index < -0.39 is 9.84 Å². The Hall–Kier alpha value is -1.96. The monoisotopic (exact) mass is 422 g/mol. The average molecular weight is 423 g/mol. The summed E-state index contributed by atoms with van der Waals surface area (Å²) in [4.78, 5) is 17.5. The number of hydrogen-bond acceptors (Lipinski definition) is 4. The second-order valence-corrected chi connectivity index (χ2v) is 9.94. The Kier molecular flexibility index (Phi) is 5.55. The molecule has 2 N–H and O–H groups in total. The molecule has 0 unspecified atom stereocenters. The van der Waals surface area contributed by atoms with Crippen LogP contribution in [0.2, 0.25) is 5.02 Å². The van der Waals surface area contributed by atoms with Crippen molar-refractivity contribution < 1.29 is 13.2 Å². The molecule has 0 aliphatic carbocycles. The predicted octanol–water partition coefficient (Wildman–Crippen LogP) is 4.51. The van der Waals surface area contributed by atoms with Crippen LogP contribution in [0.1, 0.15) is 24.3 Å². The lowest BCUT2D eigenvalue weighted by Crippen LogP contribution is -2.30. The maximum atomic E-state index is 12.7. The molecule has 1 amide bonds. The Balaban J connectivity index is 2.18. The van der Waals surface area contributed by atoms with Crippen LogP contribution in [-0.2, 0) is 9.84 Å². The van der Waals surface area contributed by atoms with Crippen LogP contribution in [0.4, 0.5) is 0 Å². The molecule has 5 nitrogen and oxygen atoms in total. The minimum Gasteiger partial charge on any atom is -0.350 e. The number of carbonyl (C=O) groups excluding carboxylic acids is 1. The second kappa shape index (κ2) is 7.58. The highest BCUT2D eigenvalue weighted by atomic mass is 35.5. The van der Waals surface area contributed by atoms with Crippen molar-refractivity contribution in [2.45, 2.75) is 34.6 Å². The van der Waals surface area contributed by atoms with Crippen molar-refractivity contribution in [2.24, 2.45) is 0 Å². The Morgan fingerprint density at radius 2 is 1.89 bits per heavy atom. The second-order valence-electron chi connectivity index (χ2n) is 6.47. The molecule has 2 aromatic carbocycles. The molecule has 0 saturated heterocycles. The number of benzene rings is 2. The molecule has 142 valence electrons. The maximum Gasteiger partial charge on any atom is 0.269 e. The third kappa shape index (κ3) is 4.31. The number of aromatic amines is 1. The van der Waals surface area contributed by atoms with Gasteiger partial charge in [-0.25, -0.2) is 8.42 Å². The number of nitrogens with one attached hydrogen (secondary N) is 2. The van der Waals surface area contributed by atoms with Gasteiger partial charge in [-0.3, -0.25) is 4.79 Å². The normalized spacial score (nSPS) is 11.9. The molecule has 0 saturated carbocycles. The smallest absolute Gasteiger partial charge is 0.269 e. The predicted molar refractivity (Wildman–Crippen MR) is 110 cm³/mol. The molecule has 0 aliphatic heterocycles. The molecule has 1 heterocycles. The Morgan fingerprint density at radius 1 is 1.19 bits per heavy atom. The summed E-state index contributed by atoms with van der Waals surface area (Å²) in [6.45, 7) is 3.76. The summed E-state index contributed by atoms with van der Waals surface area (Å²) < 4.78 is 23.7. The van der Waals surface area contributed by atoms with Crippen molar-refractivity contribution in [2.75, 3.05) is 6.26 Å². The van der Waals surface area contributed by atoms with Crippen molar-refractivity contribution >= 4 is 50.0 Å². The third-order valence-electron chi connectivity index (χ3n) is 3.85. The number of sulfone groups is 1. The van der Waals surface area contributed by atoms with Crippen molar-refractivity contribution in [3.05, 3.63) is 53.2 Å². The highest BCUT2D eigenvalue weighted by molar-refractivity contribution is 7.99. The van der Waals surface area contributed by atoms with Crippen LogP contribution in [0.3, 0.4) is 0 Å². The first-order valence-corrected chi connectivity index (χ1v) is 11.3. The van der Waals surface area contributed by atoms with Crippen LogP contribution in [0.5, 0.6) is 0 Å². The third-order valence-corrected chi connectivity index (χ3v) is 6.60. The molecular formula is C19H19ClN2O3S2. The van der Waals surface area contributed by atoms with Crippen LogP contribution < -0.4 is 5.32 Å². The lowest BCUT2D eigenvalue weighted by Gasteiger charge is -2.09. The van der Waals surface area contributed by atoms with Crippen molar-refractivity contribution in [1.82, 2.24) is 10.3 Å². The number of rotatable bonds is 5. The largest absolute Gasteiger partial charge is 0.350 e. The fourth-order valence-electron chi connectivity index (χ4n) is 2.62. The molecule has 0 spiro atoms. The topological polar surface area (TPSA) is 79.0 Å². The van der Waals surface area contributed by atoms with E-state index in [1.165, 1.54) is 11.8 Å². The summed E-state index contributed by atoms with van der Waals surface area (Å²) in [7, 11) is -3.35. The first-order valence-electron chi connectivity index (χ1n) is 8.26. The molecule has 0 atom stereocenters. The number of carbonyl (C=O) groups is 1. The Morgan fingerprint density at radius 3 is 2.52 bits per heavy atom.